The molecule has 17 heavy (non-hydrogen) atoms. The number of halogens is 2. The van der Waals surface area contributed by atoms with Crippen molar-refractivity contribution in [2.24, 2.45) is 0 Å². The number of hydrogen-bond acceptors (Lipinski definition) is 4. The van der Waals surface area contributed by atoms with Gasteiger partial charge >= 0.3 is 0 Å². The summed E-state index contributed by atoms with van der Waals surface area (Å²) in [5.41, 5.74) is 1.86. The molecule has 1 heterocycles. The number of ether oxygens (including phenoxy) is 1. The van der Waals surface area contributed by atoms with Crippen LogP contribution in [0.2, 0.25) is 0 Å². The maximum atomic E-state index is 12.9. The summed E-state index contributed by atoms with van der Waals surface area (Å²) >= 11 is 0. The fourth-order valence-electron chi connectivity index (χ4n) is 1.18. The van der Waals surface area contributed by atoms with Gasteiger partial charge in [-0.3, -0.25) is 10.7 Å². The van der Waals surface area contributed by atoms with E-state index in [2.05, 4.69) is 4.98 Å². The van der Waals surface area contributed by atoms with Crippen molar-refractivity contribution in [2.45, 2.75) is 0 Å². The molecule has 0 saturated heterocycles. The molecule has 1 aromatic carbocycles. The van der Waals surface area contributed by atoms with Crippen LogP contribution in [0.15, 0.2) is 36.5 Å². The first-order chi connectivity index (χ1) is 8.19. The zero-order valence-corrected chi connectivity index (χ0v) is 8.52. The molecular formula is C11H8F2N2O2. The minimum absolute atomic E-state index is 0.162. The van der Waals surface area contributed by atoms with E-state index in [9.17, 15) is 8.78 Å². The van der Waals surface area contributed by atoms with Gasteiger partial charge in [0.2, 0.25) is 0 Å². The molecule has 1 aromatic heterocycles. The molecule has 0 aliphatic heterocycles. The molecule has 0 aliphatic rings. The Morgan fingerprint density at radius 3 is 2.41 bits per heavy atom. The minimum Gasteiger partial charge on any atom is -0.456 e. The summed E-state index contributed by atoms with van der Waals surface area (Å²) in [6.45, 7) is 0. The Bertz CT molecular complexity index is 517. The van der Waals surface area contributed by atoms with E-state index in [1.807, 2.05) is 5.48 Å². The third-order valence-electron chi connectivity index (χ3n) is 1.98. The van der Waals surface area contributed by atoms with Crippen LogP contribution in [0.3, 0.4) is 0 Å². The van der Waals surface area contributed by atoms with Crippen molar-refractivity contribution in [3.63, 3.8) is 0 Å². The highest BCUT2D eigenvalue weighted by Crippen LogP contribution is 2.23. The van der Waals surface area contributed by atoms with Gasteiger partial charge in [-0.15, -0.1) is 0 Å². The lowest BCUT2D eigenvalue weighted by Crippen LogP contribution is -1.93. The summed E-state index contributed by atoms with van der Waals surface area (Å²) < 4.78 is 30.8. The zero-order chi connectivity index (χ0) is 12.3. The Morgan fingerprint density at radius 2 is 1.82 bits per heavy atom. The van der Waals surface area contributed by atoms with Crippen LogP contribution in [0.25, 0.3) is 0 Å². The first-order valence-electron chi connectivity index (χ1n) is 4.68. The number of aromatic nitrogens is 1. The number of benzene rings is 1. The van der Waals surface area contributed by atoms with Crippen LogP contribution >= 0.6 is 0 Å². The van der Waals surface area contributed by atoms with E-state index in [1.165, 1.54) is 24.4 Å². The Morgan fingerprint density at radius 1 is 1.06 bits per heavy atom. The molecule has 88 valence electrons. The van der Waals surface area contributed by atoms with Gasteiger partial charge in [0, 0.05) is 6.07 Å². The van der Waals surface area contributed by atoms with Crippen molar-refractivity contribution in [1.82, 2.24) is 4.98 Å². The van der Waals surface area contributed by atoms with Gasteiger partial charge in [0.15, 0.2) is 11.6 Å². The minimum atomic E-state index is -0.982. The fourth-order valence-corrected chi connectivity index (χ4v) is 1.18. The molecule has 0 aliphatic carbocycles. The van der Waals surface area contributed by atoms with Crippen molar-refractivity contribution in [3.05, 3.63) is 48.2 Å². The summed E-state index contributed by atoms with van der Waals surface area (Å²) in [5, 5.41) is 8.54. The third-order valence-corrected chi connectivity index (χ3v) is 1.98. The summed E-state index contributed by atoms with van der Waals surface area (Å²) in [6, 6.07) is 6.20. The van der Waals surface area contributed by atoms with Crippen LogP contribution < -0.4 is 10.2 Å². The van der Waals surface area contributed by atoms with Gasteiger partial charge in [-0.2, -0.15) is 0 Å². The Kier molecular flexibility index (Phi) is 3.15. The summed E-state index contributed by atoms with van der Waals surface area (Å²) in [6.07, 6.45) is 1.33. The number of pyridine rings is 1. The van der Waals surface area contributed by atoms with Crippen molar-refractivity contribution in [1.29, 1.82) is 0 Å². The molecule has 0 fully saturated rings. The lowest BCUT2D eigenvalue weighted by molar-refractivity contribution is 0.385. The van der Waals surface area contributed by atoms with Crippen LogP contribution in [0.1, 0.15) is 0 Å². The Balaban J connectivity index is 2.16. The van der Waals surface area contributed by atoms with Crippen molar-refractivity contribution >= 4 is 5.82 Å². The van der Waals surface area contributed by atoms with E-state index in [0.29, 0.717) is 5.75 Å². The number of hydrogen-bond donors (Lipinski definition) is 2. The van der Waals surface area contributed by atoms with Gasteiger partial charge in [0.1, 0.15) is 17.3 Å². The quantitative estimate of drug-likeness (QED) is 0.807. The predicted molar refractivity (Wildman–Crippen MR) is 56.1 cm³/mol. The van der Waals surface area contributed by atoms with Gasteiger partial charge in [-0.05, 0) is 24.3 Å². The molecule has 0 amide bonds. The molecule has 0 spiro atoms. The third kappa shape index (κ3) is 2.67. The predicted octanol–water partition coefficient (Wildman–Crippen LogP) is 2.95. The highest BCUT2D eigenvalue weighted by molar-refractivity contribution is 5.37. The maximum Gasteiger partial charge on any atom is 0.162 e. The van der Waals surface area contributed by atoms with Gasteiger partial charge in [0.25, 0.3) is 0 Å². The Hall–Kier alpha value is -2.21. The van der Waals surface area contributed by atoms with E-state index in [0.717, 1.165) is 12.1 Å². The molecule has 0 bridgehead atoms. The first kappa shape index (κ1) is 11.3. The van der Waals surface area contributed by atoms with Crippen molar-refractivity contribution in [3.8, 4) is 11.5 Å². The molecule has 6 heteroatoms. The van der Waals surface area contributed by atoms with Gasteiger partial charge in [-0.25, -0.2) is 13.8 Å². The molecule has 2 rings (SSSR count). The van der Waals surface area contributed by atoms with Gasteiger partial charge in [-0.1, -0.05) is 0 Å². The molecule has 0 unspecified atom stereocenters. The SMILES string of the molecule is ONc1ccc(Oc2ccc(F)c(F)c2)cn1. The van der Waals surface area contributed by atoms with Gasteiger partial charge < -0.3 is 4.74 Å². The molecule has 2 N–H and O–H groups in total. The molecule has 0 radical (unpaired) electrons. The van der Waals surface area contributed by atoms with E-state index in [-0.39, 0.29) is 11.6 Å². The molecule has 4 nitrogen and oxygen atoms in total. The standard InChI is InChI=1S/C11H8F2N2O2/c12-9-3-1-7(5-10(9)13)17-8-2-4-11(15-16)14-6-8/h1-6,16H,(H,14,15). The second-order valence-corrected chi connectivity index (χ2v) is 3.17. The summed E-state index contributed by atoms with van der Waals surface area (Å²) in [7, 11) is 0. The number of nitrogens with one attached hydrogen (secondary N) is 1. The average molecular weight is 238 g/mol. The monoisotopic (exact) mass is 238 g/mol. The van der Waals surface area contributed by atoms with Crippen molar-refractivity contribution < 1.29 is 18.7 Å². The second-order valence-electron chi connectivity index (χ2n) is 3.17. The number of rotatable bonds is 3. The van der Waals surface area contributed by atoms with E-state index >= 15 is 0 Å². The highest BCUT2D eigenvalue weighted by atomic mass is 19.2. The molecular weight excluding hydrogens is 230 g/mol. The largest absolute Gasteiger partial charge is 0.456 e. The maximum absolute atomic E-state index is 12.9. The molecule has 2 aromatic rings. The van der Waals surface area contributed by atoms with Crippen molar-refractivity contribution in [2.75, 3.05) is 5.48 Å². The topological polar surface area (TPSA) is 54.4 Å². The number of anilines is 1. The van der Waals surface area contributed by atoms with E-state index in [4.69, 9.17) is 9.94 Å². The summed E-state index contributed by atoms with van der Waals surface area (Å²) in [4.78, 5) is 3.78. The average Bonchev–Trinajstić information content (AvgIpc) is 2.35. The lowest BCUT2D eigenvalue weighted by Gasteiger charge is -2.06. The van der Waals surface area contributed by atoms with Crippen LogP contribution in [-0.4, -0.2) is 10.2 Å². The molecule has 0 atom stereocenters. The smallest absolute Gasteiger partial charge is 0.162 e. The van der Waals surface area contributed by atoms with Crippen LogP contribution in [-0.2, 0) is 0 Å². The van der Waals surface area contributed by atoms with Crippen LogP contribution in [0.5, 0.6) is 11.5 Å². The van der Waals surface area contributed by atoms with Gasteiger partial charge in [0.05, 0.1) is 6.20 Å². The second kappa shape index (κ2) is 4.75. The number of nitrogens with zero attached hydrogens (tertiary/aromatic N) is 1. The molecule has 0 saturated carbocycles. The lowest BCUT2D eigenvalue weighted by atomic mass is 10.3. The summed E-state index contributed by atoms with van der Waals surface area (Å²) in [5.74, 6) is -1.16. The first-order valence-corrected chi connectivity index (χ1v) is 4.68. The van der Waals surface area contributed by atoms with E-state index in [1.54, 1.807) is 0 Å². The normalized spacial score (nSPS) is 10.1. The van der Waals surface area contributed by atoms with Crippen LogP contribution in [0.4, 0.5) is 14.6 Å². The zero-order valence-electron chi connectivity index (χ0n) is 8.52. The highest BCUT2D eigenvalue weighted by Gasteiger charge is 2.04. The van der Waals surface area contributed by atoms with Crippen LogP contribution in [0, 0.1) is 11.6 Å². The Labute approximate surface area is 95.5 Å². The van der Waals surface area contributed by atoms with E-state index < -0.39 is 11.6 Å². The fraction of sp³-hybridized carbons (Fsp3) is 0.